The highest BCUT2D eigenvalue weighted by atomic mass is 35.5. The third-order valence-corrected chi connectivity index (χ3v) is 2.92. The van der Waals surface area contributed by atoms with Crippen molar-refractivity contribution < 1.29 is 9.13 Å². The number of halogens is 2. The van der Waals surface area contributed by atoms with Crippen molar-refractivity contribution >= 4 is 17.3 Å². The van der Waals surface area contributed by atoms with Gasteiger partial charge in [-0.05, 0) is 19.1 Å². The average molecular weight is 281 g/mol. The third kappa shape index (κ3) is 3.35. The first-order valence-electron chi connectivity index (χ1n) is 5.79. The minimum absolute atomic E-state index is 0.0970. The Labute approximate surface area is 116 Å². The van der Waals surface area contributed by atoms with Gasteiger partial charge in [0.15, 0.2) is 5.82 Å². The van der Waals surface area contributed by atoms with E-state index in [9.17, 15) is 4.39 Å². The minimum atomic E-state index is -0.455. The van der Waals surface area contributed by atoms with E-state index in [1.165, 1.54) is 6.07 Å². The number of ether oxygens (including phenoxy) is 1. The molecule has 0 spiro atoms. The lowest BCUT2D eigenvalue weighted by molar-refractivity contribution is 0.413. The lowest BCUT2D eigenvalue weighted by Crippen LogP contribution is -2.04. The van der Waals surface area contributed by atoms with Crippen molar-refractivity contribution in [3.63, 3.8) is 0 Å². The Balaban J connectivity index is 2.14. The zero-order valence-corrected chi connectivity index (χ0v) is 11.5. The zero-order chi connectivity index (χ0) is 13.8. The standard InChI is InChI=1S/C14H14ClFN2O/c1-9-6-11(19-2)7-10(18-9)8-17-13-5-3-4-12(15)14(13)16/h3-7,17H,8H2,1-2H3. The first-order valence-corrected chi connectivity index (χ1v) is 6.17. The van der Waals surface area contributed by atoms with Gasteiger partial charge in [0.1, 0.15) is 5.75 Å². The molecule has 100 valence electrons. The van der Waals surface area contributed by atoms with Gasteiger partial charge in [0.2, 0.25) is 0 Å². The van der Waals surface area contributed by atoms with Crippen molar-refractivity contribution in [1.29, 1.82) is 0 Å². The summed E-state index contributed by atoms with van der Waals surface area (Å²) in [5.41, 5.74) is 1.98. The Morgan fingerprint density at radius 1 is 1.37 bits per heavy atom. The van der Waals surface area contributed by atoms with Crippen LogP contribution >= 0.6 is 11.6 Å². The summed E-state index contributed by atoms with van der Waals surface area (Å²) in [6, 6.07) is 8.48. The normalized spacial score (nSPS) is 10.3. The molecule has 0 aliphatic rings. The molecule has 0 atom stereocenters. The van der Waals surface area contributed by atoms with Crippen molar-refractivity contribution in [2.45, 2.75) is 13.5 Å². The van der Waals surface area contributed by atoms with E-state index in [4.69, 9.17) is 16.3 Å². The van der Waals surface area contributed by atoms with Gasteiger partial charge in [-0.3, -0.25) is 4.98 Å². The van der Waals surface area contributed by atoms with Crippen LogP contribution in [0.5, 0.6) is 5.75 Å². The maximum Gasteiger partial charge on any atom is 0.164 e. The summed E-state index contributed by atoms with van der Waals surface area (Å²) in [6.45, 7) is 2.28. The Kier molecular flexibility index (Phi) is 4.22. The first kappa shape index (κ1) is 13.6. The van der Waals surface area contributed by atoms with E-state index in [1.807, 2.05) is 19.1 Å². The average Bonchev–Trinajstić information content (AvgIpc) is 2.40. The van der Waals surface area contributed by atoms with E-state index in [0.29, 0.717) is 12.2 Å². The molecule has 0 saturated carbocycles. The summed E-state index contributed by atoms with van der Waals surface area (Å²) in [5.74, 6) is 0.277. The molecule has 19 heavy (non-hydrogen) atoms. The fourth-order valence-electron chi connectivity index (χ4n) is 1.74. The molecule has 0 saturated heterocycles. The van der Waals surface area contributed by atoms with Gasteiger partial charge in [0.05, 0.1) is 30.1 Å². The Morgan fingerprint density at radius 3 is 2.89 bits per heavy atom. The van der Waals surface area contributed by atoms with Gasteiger partial charge < -0.3 is 10.1 Å². The second-order valence-corrected chi connectivity index (χ2v) is 4.50. The number of anilines is 1. The number of nitrogens with zero attached hydrogens (tertiary/aromatic N) is 1. The highest BCUT2D eigenvalue weighted by Gasteiger charge is 2.06. The maximum absolute atomic E-state index is 13.7. The molecule has 1 aromatic heterocycles. The van der Waals surface area contributed by atoms with Crippen LogP contribution in [-0.2, 0) is 6.54 Å². The van der Waals surface area contributed by atoms with Crippen molar-refractivity contribution in [2.75, 3.05) is 12.4 Å². The second kappa shape index (κ2) is 5.89. The molecule has 0 bridgehead atoms. The van der Waals surface area contributed by atoms with Gasteiger partial charge in [-0.15, -0.1) is 0 Å². The van der Waals surface area contributed by atoms with Crippen LogP contribution < -0.4 is 10.1 Å². The predicted octanol–water partition coefficient (Wildman–Crippen LogP) is 3.80. The fourth-order valence-corrected chi connectivity index (χ4v) is 1.91. The summed E-state index contributed by atoms with van der Waals surface area (Å²) in [4.78, 5) is 4.35. The Morgan fingerprint density at radius 2 is 2.16 bits per heavy atom. The van der Waals surface area contributed by atoms with Crippen LogP contribution in [0.4, 0.5) is 10.1 Å². The number of rotatable bonds is 4. The van der Waals surface area contributed by atoms with E-state index in [0.717, 1.165) is 17.1 Å². The molecule has 2 aromatic rings. The van der Waals surface area contributed by atoms with Gasteiger partial charge in [0.25, 0.3) is 0 Å². The van der Waals surface area contributed by atoms with Gasteiger partial charge in [-0.1, -0.05) is 17.7 Å². The SMILES string of the molecule is COc1cc(C)nc(CNc2cccc(Cl)c2F)c1. The van der Waals surface area contributed by atoms with Gasteiger partial charge in [-0.25, -0.2) is 4.39 Å². The predicted molar refractivity (Wildman–Crippen MR) is 74.3 cm³/mol. The molecule has 0 unspecified atom stereocenters. The van der Waals surface area contributed by atoms with Crippen LogP contribution in [0.25, 0.3) is 0 Å². The molecule has 5 heteroatoms. The third-order valence-electron chi connectivity index (χ3n) is 2.63. The van der Waals surface area contributed by atoms with Crippen molar-refractivity contribution in [3.8, 4) is 5.75 Å². The summed E-state index contributed by atoms with van der Waals surface area (Å²) in [7, 11) is 1.60. The van der Waals surface area contributed by atoms with Gasteiger partial charge >= 0.3 is 0 Å². The molecular formula is C14H14ClFN2O. The molecule has 0 aliphatic heterocycles. The molecule has 1 N–H and O–H groups in total. The summed E-state index contributed by atoms with van der Waals surface area (Å²) < 4.78 is 18.9. The van der Waals surface area contributed by atoms with Crippen molar-refractivity contribution in [2.24, 2.45) is 0 Å². The van der Waals surface area contributed by atoms with E-state index >= 15 is 0 Å². The Bertz CT molecular complexity index is 590. The van der Waals surface area contributed by atoms with E-state index in [1.54, 1.807) is 19.2 Å². The molecule has 2 rings (SSSR count). The monoisotopic (exact) mass is 280 g/mol. The number of pyridine rings is 1. The minimum Gasteiger partial charge on any atom is -0.497 e. The highest BCUT2D eigenvalue weighted by molar-refractivity contribution is 6.31. The first-order chi connectivity index (χ1) is 9.10. The lowest BCUT2D eigenvalue weighted by atomic mass is 10.2. The van der Waals surface area contributed by atoms with Crippen molar-refractivity contribution in [1.82, 2.24) is 4.98 Å². The molecule has 1 heterocycles. The molecule has 3 nitrogen and oxygen atoms in total. The number of aryl methyl sites for hydroxylation is 1. The second-order valence-electron chi connectivity index (χ2n) is 4.09. The van der Waals surface area contributed by atoms with E-state index in [-0.39, 0.29) is 5.02 Å². The fraction of sp³-hybridized carbons (Fsp3) is 0.214. The van der Waals surface area contributed by atoms with Crippen LogP contribution in [0.2, 0.25) is 5.02 Å². The largest absolute Gasteiger partial charge is 0.497 e. The molecular weight excluding hydrogens is 267 g/mol. The van der Waals surface area contributed by atoms with Crippen LogP contribution in [0.15, 0.2) is 30.3 Å². The number of methoxy groups -OCH3 is 1. The van der Waals surface area contributed by atoms with E-state index < -0.39 is 5.82 Å². The van der Waals surface area contributed by atoms with Gasteiger partial charge in [-0.2, -0.15) is 0 Å². The highest BCUT2D eigenvalue weighted by Crippen LogP contribution is 2.22. The van der Waals surface area contributed by atoms with Crippen LogP contribution in [-0.4, -0.2) is 12.1 Å². The molecule has 0 amide bonds. The maximum atomic E-state index is 13.7. The topological polar surface area (TPSA) is 34.1 Å². The number of aromatic nitrogens is 1. The molecule has 0 fully saturated rings. The number of hydrogen-bond acceptors (Lipinski definition) is 3. The van der Waals surface area contributed by atoms with Crippen molar-refractivity contribution in [3.05, 3.63) is 52.6 Å². The Hall–Kier alpha value is -1.81. The lowest BCUT2D eigenvalue weighted by Gasteiger charge is -2.09. The number of benzene rings is 1. The van der Waals surface area contributed by atoms with Crippen LogP contribution in [0, 0.1) is 12.7 Å². The van der Waals surface area contributed by atoms with Crippen LogP contribution in [0.3, 0.4) is 0 Å². The summed E-state index contributed by atoms with van der Waals surface area (Å²) in [6.07, 6.45) is 0. The molecule has 0 radical (unpaired) electrons. The van der Waals surface area contributed by atoms with Gasteiger partial charge in [0, 0.05) is 17.8 Å². The number of hydrogen-bond donors (Lipinski definition) is 1. The smallest absolute Gasteiger partial charge is 0.164 e. The molecule has 1 aromatic carbocycles. The molecule has 0 aliphatic carbocycles. The summed E-state index contributed by atoms with van der Waals surface area (Å²) in [5, 5.41) is 3.07. The van der Waals surface area contributed by atoms with Crippen LogP contribution in [0.1, 0.15) is 11.4 Å². The van der Waals surface area contributed by atoms with E-state index in [2.05, 4.69) is 10.3 Å². The summed E-state index contributed by atoms with van der Waals surface area (Å²) >= 11 is 5.72. The quantitative estimate of drug-likeness (QED) is 0.925. The zero-order valence-electron chi connectivity index (χ0n) is 10.7. The number of nitrogens with one attached hydrogen (secondary N) is 1.